The van der Waals surface area contributed by atoms with Gasteiger partial charge in [0.2, 0.25) is 0 Å². The van der Waals surface area contributed by atoms with Crippen LogP contribution in [0.5, 0.6) is 0 Å². The van der Waals surface area contributed by atoms with Crippen molar-refractivity contribution in [1.82, 2.24) is 0 Å². The maximum absolute atomic E-state index is 15.0. The molecule has 0 unspecified atom stereocenters. The molecule has 2 rings (SSSR count). The van der Waals surface area contributed by atoms with Crippen LogP contribution in [0.15, 0.2) is 36.4 Å². The molecule has 0 amide bonds. The quantitative estimate of drug-likeness (QED) is 0.439. The number of Topliss-reactive ketones (excluding diaryl/α,β-unsaturated/α-hetero) is 1. The number of carbonyl (C=O) groups is 1. The summed E-state index contributed by atoms with van der Waals surface area (Å²) >= 11 is 0. The second kappa shape index (κ2) is 7.05. The van der Waals surface area contributed by atoms with Crippen molar-refractivity contribution in [2.75, 3.05) is 0 Å². The number of ketones is 1. The van der Waals surface area contributed by atoms with Gasteiger partial charge in [-0.2, -0.15) is 8.78 Å². The van der Waals surface area contributed by atoms with E-state index in [1.165, 1.54) is 26.0 Å². The molecule has 9 heteroatoms. The zero-order chi connectivity index (χ0) is 18.9. The first kappa shape index (κ1) is 19.3. The Balaban J connectivity index is 2.65. The van der Waals surface area contributed by atoms with Gasteiger partial charge in [-0.3, -0.25) is 4.79 Å². The van der Waals surface area contributed by atoms with E-state index in [4.69, 9.17) is 0 Å². The van der Waals surface area contributed by atoms with Gasteiger partial charge >= 0.3 is 14.2 Å². The molecular formula is C16H16B2F2O5. The molecule has 2 aromatic rings. The average Bonchev–Trinajstić information content (AvgIpc) is 2.53. The Labute approximate surface area is 143 Å². The molecule has 0 saturated heterocycles. The minimum atomic E-state index is -3.59. The van der Waals surface area contributed by atoms with Crippen molar-refractivity contribution in [2.45, 2.75) is 19.8 Å². The first-order chi connectivity index (χ1) is 11.5. The molecule has 0 aliphatic carbocycles. The maximum atomic E-state index is 15.0. The van der Waals surface area contributed by atoms with Crippen molar-refractivity contribution in [3.05, 3.63) is 58.7 Å². The summed E-state index contributed by atoms with van der Waals surface area (Å²) in [5.74, 6) is -4.10. The summed E-state index contributed by atoms with van der Waals surface area (Å²) in [7, 11) is -3.92. The topological polar surface area (TPSA) is 98.0 Å². The molecular weight excluding hydrogens is 332 g/mol. The summed E-state index contributed by atoms with van der Waals surface area (Å²) in [6.45, 7) is 2.71. The fourth-order valence-electron chi connectivity index (χ4n) is 2.50. The number of halogens is 2. The summed E-state index contributed by atoms with van der Waals surface area (Å²) in [5, 5.41) is 37.1. The van der Waals surface area contributed by atoms with Gasteiger partial charge in [-0.05, 0) is 36.9 Å². The standard InChI is InChI=1S/C16H16B2F2O5/c1-9-3-12(7-14(4-9)17(22)23)16(19,20)13-5-11(10(2)21)6-15(8-13)18(24)25/h3-8,22-25H,1-2H3. The molecule has 0 aromatic heterocycles. The molecule has 0 radical (unpaired) electrons. The normalized spacial score (nSPS) is 11.4. The zero-order valence-electron chi connectivity index (χ0n) is 13.6. The van der Waals surface area contributed by atoms with Crippen LogP contribution in [0.25, 0.3) is 0 Å². The van der Waals surface area contributed by atoms with Gasteiger partial charge in [0.15, 0.2) is 5.78 Å². The van der Waals surface area contributed by atoms with E-state index in [2.05, 4.69) is 0 Å². The van der Waals surface area contributed by atoms with Crippen molar-refractivity contribution in [3.63, 3.8) is 0 Å². The highest BCUT2D eigenvalue weighted by Crippen LogP contribution is 2.35. The molecule has 0 spiro atoms. The van der Waals surface area contributed by atoms with E-state index in [9.17, 15) is 33.7 Å². The summed E-state index contributed by atoms with van der Waals surface area (Å²) in [6.07, 6.45) is 0. The van der Waals surface area contributed by atoms with Crippen LogP contribution in [-0.4, -0.2) is 40.1 Å². The molecule has 0 fully saturated rings. The second-order valence-electron chi connectivity index (χ2n) is 5.85. The number of hydrogen-bond donors (Lipinski definition) is 4. The van der Waals surface area contributed by atoms with Gasteiger partial charge in [-0.25, -0.2) is 0 Å². The number of alkyl halides is 2. The smallest absolute Gasteiger partial charge is 0.423 e. The number of benzene rings is 2. The van der Waals surface area contributed by atoms with Gasteiger partial charge in [0, 0.05) is 16.7 Å². The van der Waals surface area contributed by atoms with Crippen molar-refractivity contribution in [1.29, 1.82) is 0 Å². The highest BCUT2D eigenvalue weighted by atomic mass is 19.3. The molecule has 2 aromatic carbocycles. The van der Waals surface area contributed by atoms with Crippen LogP contribution >= 0.6 is 0 Å². The van der Waals surface area contributed by atoms with Crippen molar-refractivity contribution in [2.24, 2.45) is 0 Å². The lowest BCUT2D eigenvalue weighted by Gasteiger charge is -2.20. The molecule has 0 saturated carbocycles. The molecule has 0 aliphatic heterocycles. The lowest BCUT2D eigenvalue weighted by atomic mass is 9.76. The molecule has 0 heterocycles. The first-order valence-corrected chi connectivity index (χ1v) is 7.41. The summed E-state index contributed by atoms with van der Waals surface area (Å²) in [6, 6.07) is 6.50. The predicted molar refractivity (Wildman–Crippen MR) is 90.3 cm³/mol. The largest absolute Gasteiger partial charge is 0.488 e. The van der Waals surface area contributed by atoms with Crippen molar-refractivity contribution in [3.8, 4) is 0 Å². The lowest BCUT2D eigenvalue weighted by molar-refractivity contribution is 0.0429. The third-order valence-electron chi connectivity index (χ3n) is 3.78. The molecule has 0 bridgehead atoms. The summed E-state index contributed by atoms with van der Waals surface area (Å²) < 4.78 is 29.9. The van der Waals surface area contributed by atoms with Gasteiger partial charge in [-0.1, -0.05) is 29.8 Å². The maximum Gasteiger partial charge on any atom is 0.488 e. The SMILES string of the molecule is CC(=O)c1cc(B(O)O)cc(C(F)(F)c2cc(C)cc(B(O)O)c2)c1. The zero-order valence-corrected chi connectivity index (χ0v) is 13.6. The molecule has 130 valence electrons. The van der Waals surface area contributed by atoms with Gasteiger partial charge in [0.1, 0.15) is 0 Å². The summed E-state index contributed by atoms with van der Waals surface area (Å²) in [4.78, 5) is 11.6. The Kier molecular flexibility index (Phi) is 5.43. The van der Waals surface area contributed by atoms with E-state index in [1.54, 1.807) is 0 Å². The van der Waals surface area contributed by atoms with Gasteiger partial charge in [-0.15, -0.1) is 0 Å². The predicted octanol–water partition coefficient (Wildman–Crippen LogP) is -0.303. The molecule has 0 aliphatic rings. The number of hydrogen-bond acceptors (Lipinski definition) is 5. The monoisotopic (exact) mass is 348 g/mol. The second-order valence-corrected chi connectivity index (χ2v) is 5.85. The van der Waals surface area contributed by atoms with Crippen LogP contribution < -0.4 is 10.9 Å². The number of aryl methyl sites for hydroxylation is 1. The van der Waals surface area contributed by atoms with E-state index in [0.717, 1.165) is 24.3 Å². The van der Waals surface area contributed by atoms with E-state index in [-0.39, 0.29) is 16.5 Å². The van der Waals surface area contributed by atoms with E-state index in [0.29, 0.717) is 5.56 Å². The minimum absolute atomic E-state index is 0.0876. The summed E-state index contributed by atoms with van der Waals surface area (Å²) in [5.41, 5.74) is -1.14. The molecule has 4 N–H and O–H groups in total. The van der Waals surface area contributed by atoms with Gasteiger partial charge in [0.05, 0.1) is 0 Å². The van der Waals surface area contributed by atoms with E-state index < -0.39 is 37.1 Å². The highest BCUT2D eigenvalue weighted by Gasteiger charge is 2.36. The Morgan fingerprint density at radius 1 is 0.880 bits per heavy atom. The number of carbonyl (C=O) groups excluding carboxylic acids is 1. The molecule has 25 heavy (non-hydrogen) atoms. The number of rotatable bonds is 5. The van der Waals surface area contributed by atoms with Crippen molar-refractivity contribution < 1.29 is 33.7 Å². The molecule has 0 atom stereocenters. The Hall–Kier alpha value is -2.06. The Morgan fingerprint density at radius 3 is 1.84 bits per heavy atom. The minimum Gasteiger partial charge on any atom is -0.423 e. The van der Waals surface area contributed by atoms with Crippen LogP contribution in [0.1, 0.15) is 34.0 Å². The third-order valence-corrected chi connectivity index (χ3v) is 3.78. The van der Waals surface area contributed by atoms with Crippen LogP contribution in [0, 0.1) is 6.92 Å². The van der Waals surface area contributed by atoms with Crippen LogP contribution in [0.4, 0.5) is 8.78 Å². The Morgan fingerprint density at radius 2 is 1.36 bits per heavy atom. The van der Waals surface area contributed by atoms with E-state index in [1.807, 2.05) is 0 Å². The lowest BCUT2D eigenvalue weighted by Crippen LogP contribution is -2.33. The van der Waals surface area contributed by atoms with Crippen LogP contribution in [-0.2, 0) is 5.92 Å². The van der Waals surface area contributed by atoms with Gasteiger partial charge < -0.3 is 20.1 Å². The van der Waals surface area contributed by atoms with Crippen molar-refractivity contribution >= 4 is 30.9 Å². The highest BCUT2D eigenvalue weighted by molar-refractivity contribution is 6.59. The van der Waals surface area contributed by atoms with Crippen LogP contribution in [0.3, 0.4) is 0 Å². The fourth-order valence-corrected chi connectivity index (χ4v) is 2.50. The Bertz CT molecular complexity index is 809. The molecule has 5 nitrogen and oxygen atoms in total. The average molecular weight is 348 g/mol. The fraction of sp³-hybridized carbons (Fsp3) is 0.188. The van der Waals surface area contributed by atoms with E-state index >= 15 is 0 Å². The van der Waals surface area contributed by atoms with Gasteiger partial charge in [0.25, 0.3) is 5.92 Å². The third kappa shape index (κ3) is 4.13. The van der Waals surface area contributed by atoms with Crippen LogP contribution in [0.2, 0.25) is 0 Å². The first-order valence-electron chi connectivity index (χ1n) is 7.41.